The van der Waals surface area contributed by atoms with Gasteiger partial charge in [0, 0.05) is 35.0 Å². The van der Waals surface area contributed by atoms with Gasteiger partial charge in [0.1, 0.15) is 5.75 Å². The number of para-hydroxylation sites is 1. The van der Waals surface area contributed by atoms with Crippen LogP contribution in [0.25, 0.3) is 0 Å². The van der Waals surface area contributed by atoms with Crippen molar-refractivity contribution in [3.05, 3.63) is 131 Å². The highest BCUT2D eigenvalue weighted by Crippen LogP contribution is 2.58. The van der Waals surface area contributed by atoms with Crippen molar-refractivity contribution in [3.63, 3.8) is 0 Å². The number of allylic oxidation sites excluding steroid dienone is 1. The van der Waals surface area contributed by atoms with Gasteiger partial charge in [0.2, 0.25) is 7.28 Å². The van der Waals surface area contributed by atoms with Gasteiger partial charge in [-0.3, -0.25) is 0 Å². The highest BCUT2D eigenvalue weighted by Gasteiger charge is 2.41. The highest BCUT2D eigenvalue weighted by molar-refractivity contribution is 7.95. The molecule has 0 unspecified atom stereocenters. The zero-order valence-corrected chi connectivity index (χ0v) is 24.5. The first-order valence-electron chi connectivity index (χ1n) is 12.8. The molecule has 1 aliphatic rings. The van der Waals surface area contributed by atoms with E-state index in [0.717, 1.165) is 22.5 Å². The van der Waals surface area contributed by atoms with E-state index in [-0.39, 0.29) is 4.90 Å². The Hall–Kier alpha value is -4.11. The Balaban J connectivity index is 1.83. The second-order valence-corrected chi connectivity index (χ2v) is 14.5. The molecule has 4 aromatic carbocycles. The van der Waals surface area contributed by atoms with Crippen LogP contribution in [0.5, 0.6) is 5.75 Å². The van der Waals surface area contributed by atoms with Crippen LogP contribution in [-0.2, 0) is 15.4 Å². The summed E-state index contributed by atoms with van der Waals surface area (Å²) in [5.41, 5.74) is 4.06. The van der Waals surface area contributed by atoms with E-state index in [9.17, 15) is 13.7 Å². The predicted octanol–water partition coefficient (Wildman–Crippen LogP) is 7.35. The highest BCUT2D eigenvalue weighted by atomic mass is 32.2. The predicted molar refractivity (Wildman–Crippen MR) is 162 cm³/mol. The third-order valence-corrected chi connectivity index (χ3v) is 12.0. The fraction of sp³-hybridized carbons (Fsp3) is 0.156. The molecular formula is C32H30N3O3PS. The molecule has 6 nitrogen and oxygen atoms in total. The second kappa shape index (κ2) is 10.5. The molecule has 0 bridgehead atoms. The van der Waals surface area contributed by atoms with Gasteiger partial charge in [-0.25, -0.2) is 0 Å². The largest absolute Gasteiger partial charge is 0.451 e. The SMILES string of the molecule is Cc1ccc(S(=O)(=O)N=[P@@](/C=C2\N(C)c3ccccc3C2(C)C)(Oc2ccc(C#N)cc2)c2ccccc2)cc1. The number of anilines is 1. The summed E-state index contributed by atoms with van der Waals surface area (Å²) in [6.45, 7) is 6.15. The smallest absolute Gasteiger partial charge is 0.284 e. The number of aryl methyl sites for hydroxylation is 1. The standard InChI is InChI=1S/C32H30N3O3PS/c1-24-14-20-28(21-15-24)40(36,37)34-39(27-10-6-5-7-11-27,38-26-18-16-25(22-33)17-19-26)23-31-32(2,3)29-12-8-9-13-30(29)35(31)4/h5-21,23H,1-4H3/b31-23-/t39-/m0/s1. The van der Waals surface area contributed by atoms with Crippen LogP contribution in [0.4, 0.5) is 5.69 Å². The molecule has 0 spiro atoms. The average molecular weight is 568 g/mol. The summed E-state index contributed by atoms with van der Waals surface area (Å²) in [4.78, 5) is 2.19. The number of hydrogen-bond donors (Lipinski definition) is 0. The summed E-state index contributed by atoms with van der Waals surface area (Å²) in [7, 11) is -5.60. The number of fused-ring (bicyclic) bond motifs is 1. The summed E-state index contributed by atoms with van der Waals surface area (Å²) in [5, 5.41) is 9.96. The van der Waals surface area contributed by atoms with Crippen LogP contribution in [0.3, 0.4) is 0 Å². The molecule has 202 valence electrons. The van der Waals surface area contributed by atoms with Gasteiger partial charge in [-0.1, -0.05) is 67.9 Å². The number of nitrogens with zero attached hydrogens (tertiary/aromatic N) is 3. The van der Waals surface area contributed by atoms with E-state index in [1.165, 1.54) is 0 Å². The lowest BCUT2D eigenvalue weighted by Gasteiger charge is -2.29. The van der Waals surface area contributed by atoms with E-state index in [1.54, 1.807) is 48.5 Å². The quantitative estimate of drug-likeness (QED) is 0.228. The van der Waals surface area contributed by atoms with Gasteiger partial charge in [0.25, 0.3) is 10.0 Å². The van der Waals surface area contributed by atoms with Crippen molar-refractivity contribution in [2.75, 3.05) is 11.9 Å². The van der Waals surface area contributed by atoms with Gasteiger partial charge < -0.3 is 9.42 Å². The molecule has 0 fully saturated rings. The molecular weight excluding hydrogens is 537 g/mol. The Morgan fingerprint density at radius 2 is 1.52 bits per heavy atom. The average Bonchev–Trinajstić information content (AvgIpc) is 3.14. The fourth-order valence-corrected chi connectivity index (χ4v) is 9.96. The zero-order valence-electron chi connectivity index (χ0n) is 22.8. The minimum atomic E-state index is -4.15. The van der Waals surface area contributed by atoms with Crippen molar-refractivity contribution in [2.24, 2.45) is 4.15 Å². The molecule has 5 rings (SSSR count). The normalized spacial score (nSPS) is 16.6. The summed E-state index contributed by atoms with van der Waals surface area (Å²) in [6, 6.07) is 32.9. The van der Waals surface area contributed by atoms with Gasteiger partial charge in [0.15, 0.2) is 0 Å². The Labute approximate surface area is 236 Å². The van der Waals surface area contributed by atoms with E-state index in [1.807, 2.05) is 62.3 Å². The molecule has 1 heterocycles. The molecule has 0 aromatic heterocycles. The summed E-state index contributed by atoms with van der Waals surface area (Å²) in [6.07, 6.45) is 0. The molecule has 0 aliphatic carbocycles. The molecule has 0 radical (unpaired) electrons. The maximum Gasteiger partial charge on any atom is 0.284 e. The lowest BCUT2D eigenvalue weighted by molar-refractivity contribution is 0.593. The van der Waals surface area contributed by atoms with Crippen LogP contribution in [0, 0.1) is 18.3 Å². The van der Waals surface area contributed by atoms with Gasteiger partial charge in [0.05, 0.1) is 16.5 Å². The van der Waals surface area contributed by atoms with Crippen LogP contribution in [-0.4, -0.2) is 15.5 Å². The van der Waals surface area contributed by atoms with Crippen LogP contribution < -0.4 is 14.7 Å². The van der Waals surface area contributed by atoms with Crippen LogP contribution in [0.1, 0.15) is 30.5 Å². The summed E-state index contributed by atoms with van der Waals surface area (Å²) >= 11 is 0. The van der Waals surface area contributed by atoms with Gasteiger partial charge in [-0.05, 0) is 67.1 Å². The third-order valence-electron chi connectivity index (χ3n) is 7.14. The summed E-state index contributed by atoms with van der Waals surface area (Å²) in [5.74, 6) is 2.35. The molecule has 0 saturated carbocycles. The van der Waals surface area contributed by atoms with E-state index in [0.29, 0.717) is 16.6 Å². The minimum absolute atomic E-state index is 0.0996. The van der Waals surface area contributed by atoms with Gasteiger partial charge in [-0.15, -0.1) is 4.15 Å². The number of benzene rings is 4. The first kappa shape index (κ1) is 27.5. The fourth-order valence-electron chi connectivity index (χ4n) is 4.95. The number of sulfonamides is 1. The van der Waals surface area contributed by atoms with E-state index >= 15 is 0 Å². The lowest BCUT2D eigenvalue weighted by Crippen LogP contribution is -2.24. The molecule has 40 heavy (non-hydrogen) atoms. The molecule has 0 amide bonds. The number of hydrogen-bond acceptors (Lipinski definition) is 5. The van der Waals surface area contributed by atoms with Crippen molar-refractivity contribution in [1.29, 1.82) is 5.26 Å². The van der Waals surface area contributed by atoms with Crippen molar-refractivity contribution in [2.45, 2.75) is 31.1 Å². The topological polar surface area (TPSA) is 82.8 Å². The van der Waals surface area contributed by atoms with Crippen LogP contribution in [0.15, 0.2) is 124 Å². The molecule has 4 aromatic rings. The van der Waals surface area contributed by atoms with Crippen molar-refractivity contribution in [1.82, 2.24) is 0 Å². The van der Waals surface area contributed by atoms with E-state index < -0.39 is 22.7 Å². The van der Waals surface area contributed by atoms with Crippen LogP contribution >= 0.6 is 7.28 Å². The molecule has 1 atom stereocenters. The lowest BCUT2D eigenvalue weighted by atomic mass is 9.84. The number of nitriles is 1. The first-order chi connectivity index (χ1) is 19.1. The summed E-state index contributed by atoms with van der Waals surface area (Å²) < 4.78 is 39.3. The molecule has 1 aliphatic heterocycles. The minimum Gasteiger partial charge on any atom is -0.451 e. The number of likely N-dealkylation sites (N-methyl/N-ethyl adjacent to an activating group) is 1. The Bertz CT molecular complexity index is 1790. The maximum atomic E-state index is 14.0. The molecule has 8 heteroatoms. The van der Waals surface area contributed by atoms with Crippen molar-refractivity contribution >= 4 is 28.3 Å². The first-order valence-corrected chi connectivity index (χ1v) is 16.0. The molecule has 0 N–H and O–H groups in total. The monoisotopic (exact) mass is 567 g/mol. The van der Waals surface area contributed by atoms with E-state index in [2.05, 4.69) is 41.1 Å². The van der Waals surface area contributed by atoms with E-state index in [4.69, 9.17) is 4.52 Å². The van der Waals surface area contributed by atoms with Crippen LogP contribution in [0.2, 0.25) is 0 Å². The number of rotatable bonds is 6. The Morgan fingerprint density at radius 1 is 0.900 bits per heavy atom. The van der Waals surface area contributed by atoms with Gasteiger partial charge in [-0.2, -0.15) is 13.7 Å². The zero-order chi connectivity index (χ0) is 28.5. The second-order valence-electron chi connectivity index (χ2n) is 10.3. The van der Waals surface area contributed by atoms with Crippen molar-refractivity contribution in [3.8, 4) is 11.8 Å². The Morgan fingerprint density at radius 3 is 2.15 bits per heavy atom. The third kappa shape index (κ3) is 5.09. The Kier molecular flexibility index (Phi) is 7.18. The van der Waals surface area contributed by atoms with Gasteiger partial charge >= 0.3 is 0 Å². The van der Waals surface area contributed by atoms with Crippen molar-refractivity contribution < 1.29 is 12.9 Å². The molecule has 0 saturated heterocycles. The maximum absolute atomic E-state index is 14.0.